The Hall–Kier alpha value is -5.31. The van der Waals surface area contributed by atoms with Gasteiger partial charge in [0.2, 0.25) is 0 Å². The van der Waals surface area contributed by atoms with Crippen molar-refractivity contribution in [3.63, 3.8) is 0 Å². The number of nitrogens with zero attached hydrogens (tertiary/aromatic N) is 5. The molecule has 4 aromatic rings. The number of nitrogens with one attached hydrogen (secondary N) is 3. The Kier molecular flexibility index (Phi) is 17.8. The van der Waals surface area contributed by atoms with E-state index < -0.39 is 11.7 Å². The zero-order valence-electron chi connectivity index (χ0n) is 31.2. The lowest BCUT2D eigenvalue weighted by Gasteiger charge is -2.41. The second-order valence-corrected chi connectivity index (χ2v) is 13.4. The van der Waals surface area contributed by atoms with E-state index in [0.717, 1.165) is 12.2 Å². The summed E-state index contributed by atoms with van der Waals surface area (Å²) in [4.78, 5) is 51.2. The summed E-state index contributed by atoms with van der Waals surface area (Å²) < 4.78 is 17.1. The van der Waals surface area contributed by atoms with E-state index >= 15 is 0 Å². The number of carbonyl (C=O) groups excluding carboxylic acids is 3. The molecule has 6 rings (SSSR count). The lowest BCUT2D eigenvalue weighted by atomic mass is 10.2. The van der Waals surface area contributed by atoms with Gasteiger partial charge in [0.05, 0.1) is 24.5 Å². The van der Waals surface area contributed by atoms with Gasteiger partial charge in [-0.3, -0.25) is 9.97 Å². The molecule has 14 nitrogen and oxygen atoms in total. The average Bonchev–Trinajstić information content (AvgIpc) is 3.17. The summed E-state index contributed by atoms with van der Waals surface area (Å²) in [7, 11) is 0. The summed E-state index contributed by atoms with van der Waals surface area (Å²) in [5.41, 5.74) is 0.924. The van der Waals surface area contributed by atoms with E-state index in [9.17, 15) is 14.4 Å². The fourth-order valence-corrected chi connectivity index (χ4v) is 5.62. The highest BCUT2D eigenvalue weighted by Gasteiger charge is 2.35. The Morgan fingerprint density at radius 3 is 1.71 bits per heavy atom. The molecule has 55 heavy (non-hydrogen) atoms. The minimum absolute atomic E-state index is 0. The highest BCUT2D eigenvalue weighted by atomic mass is 35.5. The number of amides is 5. The van der Waals surface area contributed by atoms with E-state index in [2.05, 4.69) is 25.9 Å². The SMILES string of the molecule is CC(C)(C)OC(=O)N1CCN(C(=O)Nc2ccccc2)C(COc2cccnc2)C1.Cl.Cl.O=C(Nc1ccccc1)N1CCNCC1COc1cccnc1. The van der Waals surface area contributed by atoms with E-state index in [0.29, 0.717) is 56.5 Å². The van der Waals surface area contributed by atoms with Crippen LogP contribution in [0.4, 0.5) is 25.8 Å². The molecule has 0 aliphatic carbocycles. The predicted molar refractivity (Wildman–Crippen MR) is 217 cm³/mol. The Labute approximate surface area is 334 Å². The third-order valence-corrected chi connectivity index (χ3v) is 8.21. The fraction of sp³-hybridized carbons (Fsp3) is 0.359. The zero-order chi connectivity index (χ0) is 37.5. The molecule has 2 fully saturated rings. The number of piperazine rings is 2. The molecule has 296 valence electrons. The highest BCUT2D eigenvalue weighted by molar-refractivity contribution is 5.90. The van der Waals surface area contributed by atoms with Gasteiger partial charge in [-0.05, 0) is 69.3 Å². The maximum atomic E-state index is 12.9. The number of carbonyl (C=O) groups is 3. The van der Waals surface area contributed by atoms with E-state index in [1.54, 1.807) is 46.7 Å². The van der Waals surface area contributed by atoms with Crippen LogP contribution in [-0.2, 0) is 4.74 Å². The number of anilines is 2. The molecule has 0 saturated carbocycles. The van der Waals surface area contributed by atoms with Crippen molar-refractivity contribution in [2.45, 2.75) is 38.5 Å². The van der Waals surface area contributed by atoms with Crippen molar-refractivity contribution in [1.29, 1.82) is 0 Å². The van der Waals surface area contributed by atoms with Gasteiger partial charge in [-0.1, -0.05) is 36.4 Å². The van der Waals surface area contributed by atoms with Crippen molar-refractivity contribution in [3.05, 3.63) is 110 Å². The van der Waals surface area contributed by atoms with Gasteiger partial charge in [0, 0.05) is 63.0 Å². The molecule has 2 saturated heterocycles. The minimum Gasteiger partial charge on any atom is -0.490 e. The summed E-state index contributed by atoms with van der Waals surface area (Å²) in [5, 5.41) is 9.14. The number of pyridine rings is 2. The smallest absolute Gasteiger partial charge is 0.410 e. The highest BCUT2D eigenvalue weighted by Crippen LogP contribution is 2.19. The summed E-state index contributed by atoms with van der Waals surface area (Å²) in [6, 6.07) is 25.3. The van der Waals surface area contributed by atoms with Crippen molar-refractivity contribution >= 4 is 54.3 Å². The van der Waals surface area contributed by atoms with Crippen molar-refractivity contribution in [2.75, 3.05) is 63.1 Å². The molecular weight excluding hydrogens is 747 g/mol. The van der Waals surface area contributed by atoms with Crippen LogP contribution < -0.4 is 25.4 Å². The molecule has 16 heteroatoms. The molecule has 2 aromatic carbocycles. The predicted octanol–water partition coefficient (Wildman–Crippen LogP) is 6.42. The second-order valence-electron chi connectivity index (χ2n) is 13.4. The Bertz CT molecular complexity index is 1730. The van der Waals surface area contributed by atoms with Gasteiger partial charge in [0.25, 0.3) is 0 Å². The quantitative estimate of drug-likeness (QED) is 0.184. The maximum absolute atomic E-state index is 12.9. The number of aromatic nitrogens is 2. The number of urea groups is 2. The van der Waals surface area contributed by atoms with Crippen LogP contribution in [0.15, 0.2) is 110 Å². The van der Waals surface area contributed by atoms with Crippen LogP contribution >= 0.6 is 24.8 Å². The molecule has 2 aliphatic rings. The molecule has 2 aliphatic heterocycles. The van der Waals surface area contributed by atoms with E-state index in [1.165, 1.54) is 0 Å². The molecule has 5 amide bonds. The summed E-state index contributed by atoms with van der Waals surface area (Å²) >= 11 is 0. The number of para-hydroxylation sites is 2. The van der Waals surface area contributed by atoms with Gasteiger partial charge in [0.1, 0.15) is 30.3 Å². The molecule has 0 bridgehead atoms. The molecule has 3 N–H and O–H groups in total. The average molecular weight is 798 g/mol. The maximum Gasteiger partial charge on any atom is 0.410 e. The zero-order valence-corrected chi connectivity index (χ0v) is 32.8. The van der Waals surface area contributed by atoms with Crippen molar-refractivity contribution in [2.24, 2.45) is 0 Å². The van der Waals surface area contributed by atoms with Crippen molar-refractivity contribution < 1.29 is 28.6 Å². The topological polar surface area (TPSA) is 150 Å². The number of hydrogen-bond donors (Lipinski definition) is 3. The summed E-state index contributed by atoms with van der Waals surface area (Å²) in [6.07, 6.45) is 6.26. The van der Waals surface area contributed by atoms with Gasteiger partial charge in [-0.2, -0.15) is 0 Å². The van der Waals surface area contributed by atoms with Crippen molar-refractivity contribution in [1.82, 2.24) is 30.0 Å². The van der Waals surface area contributed by atoms with Gasteiger partial charge in [-0.25, -0.2) is 14.4 Å². The van der Waals surface area contributed by atoms with E-state index in [4.69, 9.17) is 14.2 Å². The lowest BCUT2D eigenvalue weighted by molar-refractivity contribution is 0.00538. The number of rotatable bonds is 8. The van der Waals surface area contributed by atoms with Crippen molar-refractivity contribution in [3.8, 4) is 11.5 Å². The van der Waals surface area contributed by atoms with E-state index in [-0.39, 0.29) is 55.6 Å². The van der Waals surface area contributed by atoms with Crippen LogP contribution in [-0.4, -0.2) is 113 Å². The number of ether oxygens (including phenoxy) is 3. The first-order valence-corrected chi connectivity index (χ1v) is 17.6. The van der Waals surface area contributed by atoms with Crippen LogP contribution in [0.1, 0.15) is 20.8 Å². The molecule has 0 radical (unpaired) electrons. The standard InChI is InChI=1S/C22H28N4O4.C17H20N4O2.2ClH/c1-22(2,3)30-21(28)25-12-13-26(20(27)24-17-8-5-4-6-9-17)18(15-25)16-29-19-10-7-11-23-14-19;22-17(20-14-5-2-1-3-6-14)21-10-9-19-11-15(21)13-23-16-7-4-8-18-12-16;;/h4-11,14,18H,12-13,15-16H2,1-3H3,(H,24,27);1-8,12,15,19H,9-11,13H2,(H,20,22);2*1H. The first-order chi connectivity index (χ1) is 25.6. The Morgan fingerprint density at radius 2 is 1.22 bits per heavy atom. The third-order valence-electron chi connectivity index (χ3n) is 8.21. The van der Waals surface area contributed by atoms with Crippen LogP contribution in [0, 0.1) is 0 Å². The number of hydrogen-bond acceptors (Lipinski definition) is 9. The van der Waals surface area contributed by atoms with Gasteiger partial charge in [-0.15, -0.1) is 24.8 Å². The Morgan fingerprint density at radius 1 is 0.709 bits per heavy atom. The molecule has 2 aromatic heterocycles. The first kappa shape index (κ1) is 44.1. The van der Waals surface area contributed by atoms with Crippen LogP contribution in [0.5, 0.6) is 11.5 Å². The molecule has 4 heterocycles. The van der Waals surface area contributed by atoms with Crippen LogP contribution in [0.2, 0.25) is 0 Å². The largest absolute Gasteiger partial charge is 0.490 e. The number of halogens is 2. The second kappa shape index (κ2) is 22.2. The third kappa shape index (κ3) is 14.5. The minimum atomic E-state index is -0.583. The van der Waals surface area contributed by atoms with Crippen LogP contribution in [0.25, 0.3) is 0 Å². The molecule has 0 spiro atoms. The summed E-state index contributed by atoms with van der Waals surface area (Å²) in [5.74, 6) is 1.32. The molecule has 2 unspecified atom stereocenters. The first-order valence-electron chi connectivity index (χ1n) is 17.6. The van der Waals surface area contributed by atoms with Gasteiger partial charge >= 0.3 is 18.2 Å². The normalized spacial score (nSPS) is 16.5. The Balaban J connectivity index is 0.000000294. The number of benzene rings is 2. The van der Waals surface area contributed by atoms with Crippen LogP contribution in [0.3, 0.4) is 0 Å². The van der Waals surface area contributed by atoms with Gasteiger partial charge in [0.15, 0.2) is 0 Å². The van der Waals surface area contributed by atoms with E-state index in [1.807, 2.05) is 98.5 Å². The fourth-order valence-electron chi connectivity index (χ4n) is 5.62. The monoisotopic (exact) mass is 796 g/mol. The summed E-state index contributed by atoms with van der Waals surface area (Å²) in [6.45, 7) is 9.38. The molecular formula is C39H50Cl2N8O6. The van der Waals surface area contributed by atoms with Gasteiger partial charge < -0.3 is 44.9 Å². The lowest BCUT2D eigenvalue weighted by Crippen LogP contribution is -2.59. The molecule has 2 atom stereocenters.